The maximum absolute atomic E-state index is 14.3. The van der Waals surface area contributed by atoms with Crippen molar-refractivity contribution < 1.29 is 18.8 Å². The van der Waals surface area contributed by atoms with Gasteiger partial charge in [0.05, 0.1) is 12.2 Å². The highest BCUT2D eigenvalue weighted by Crippen LogP contribution is 2.24. The molecule has 1 aliphatic heterocycles. The van der Waals surface area contributed by atoms with Crippen molar-refractivity contribution in [1.82, 2.24) is 14.8 Å². The van der Waals surface area contributed by atoms with Crippen LogP contribution >= 0.6 is 0 Å². The SMILES string of the molecule is Cc1cc(C(=O)CN2C(=O)N[C@@H](Cc3ccccc3)C2=O)c(C)n1-c1ccccc1F. The molecular weight excluding hydrogens is 397 g/mol. The lowest BCUT2D eigenvalue weighted by Crippen LogP contribution is -2.36. The van der Waals surface area contributed by atoms with Crippen LogP contribution in [0, 0.1) is 19.7 Å². The summed E-state index contributed by atoms with van der Waals surface area (Å²) in [5, 5.41) is 2.65. The molecule has 0 spiro atoms. The molecule has 0 bridgehead atoms. The molecule has 2 aromatic carbocycles. The predicted octanol–water partition coefficient (Wildman–Crippen LogP) is 3.58. The fourth-order valence-electron chi connectivity index (χ4n) is 3.99. The van der Waals surface area contributed by atoms with E-state index in [4.69, 9.17) is 0 Å². The zero-order valence-corrected chi connectivity index (χ0v) is 17.3. The molecule has 1 fully saturated rings. The molecular formula is C24H22FN3O3. The minimum atomic E-state index is -0.700. The Morgan fingerprint density at radius 2 is 1.71 bits per heavy atom. The van der Waals surface area contributed by atoms with Gasteiger partial charge in [0.1, 0.15) is 11.9 Å². The van der Waals surface area contributed by atoms with Crippen LogP contribution in [0.2, 0.25) is 0 Å². The Morgan fingerprint density at radius 1 is 1.03 bits per heavy atom. The van der Waals surface area contributed by atoms with E-state index >= 15 is 0 Å². The minimum absolute atomic E-state index is 0.342. The number of nitrogens with one attached hydrogen (secondary N) is 1. The first-order valence-corrected chi connectivity index (χ1v) is 9.99. The number of nitrogens with zero attached hydrogens (tertiary/aromatic N) is 2. The third kappa shape index (κ3) is 3.86. The second kappa shape index (κ2) is 8.18. The average molecular weight is 419 g/mol. The number of urea groups is 1. The number of benzene rings is 2. The summed E-state index contributed by atoms with van der Waals surface area (Å²) in [6, 6.07) is 16.1. The van der Waals surface area contributed by atoms with Gasteiger partial charge in [-0.2, -0.15) is 0 Å². The number of rotatable bonds is 6. The van der Waals surface area contributed by atoms with E-state index in [0.717, 1.165) is 10.5 Å². The van der Waals surface area contributed by atoms with Crippen molar-refractivity contribution in [3.05, 3.63) is 89.0 Å². The maximum atomic E-state index is 14.3. The third-order valence-electron chi connectivity index (χ3n) is 5.52. The fourth-order valence-corrected chi connectivity index (χ4v) is 3.99. The molecule has 0 unspecified atom stereocenters. The van der Waals surface area contributed by atoms with Gasteiger partial charge in [-0.3, -0.25) is 14.5 Å². The quantitative estimate of drug-likeness (QED) is 0.490. The van der Waals surface area contributed by atoms with Crippen molar-refractivity contribution in [2.75, 3.05) is 6.54 Å². The van der Waals surface area contributed by atoms with Crippen molar-refractivity contribution in [2.45, 2.75) is 26.3 Å². The summed E-state index contributed by atoms with van der Waals surface area (Å²) in [4.78, 5) is 39.0. The van der Waals surface area contributed by atoms with Crippen LogP contribution in [0.15, 0.2) is 60.7 Å². The number of hydrogen-bond acceptors (Lipinski definition) is 3. The lowest BCUT2D eigenvalue weighted by molar-refractivity contribution is -0.127. The van der Waals surface area contributed by atoms with Crippen molar-refractivity contribution in [3.8, 4) is 5.69 Å². The molecule has 7 heteroatoms. The fraction of sp³-hybridized carbons (Fsp3) is 0.208. The zero-order valence-electron chi connectivity index (χ0n) is 17.3. The summed E-state index contributed by atoms with van der Waals surface area (Å²) in [5.74, 6) is -1.20. The van der Waals surface area contributed by atoms with Crippen LogP contribution in [0.5, 0.6) is 0 Å². The largest absolute Gasteiger partial charge is 0.325 e. The van der Waals surface area contributed by atoms with E-state index < -0.39 is 23.8 Å². The molecule has 3 amide bonds. The predicted molar refractivity (Wildman–Crippen MR) is 114 cm³/mol. The van der Waals surface area contributed by atoms with E-state index in [0.29, 0.717) is 29.1 Å². The summed E-state index contributed by atoms with van der Waals surface area (Å²) < 4.78 is 15.9. The number of amides is 3. The first kappa shape index (κ1) is 20.5. The Bertz CT molecular complexity index is 1170. The number of ketones is 1. The molecule has 1 saturated heterocycles. The highest BCUT2D eigenvalue weighted by Gasteiger charge is 2.39. The van der Waals surface area contributed by atoms with Crippen LogP contribution in [0.1, 0.15) is 27.3 Å². The molecule has 3 aromatic rings. The Kier molecular flexibility index (Phi) is 5.42. The summed E-state index contributed by atoms with van der Waals surface area (Å²) in [6.07, 6.45) is 0.359. The molecule has 1 aromatic heterocycles. The van der Waals surface area contributed by atoms with Crippen LogP contribution < -0.4 is 5.32 Å². The van der Waals surface area contributed by atoms with Crippen LogP contribution in [0.3, 0.4) is 0 Å². The first-order chi connectivity index (χ1) is 14.9. The van der Waals surface area contributed by atoms with Crippen molar-refractivity contribution >= 4 is 17.7 Å². The van der Waals surface area contributed by atoms with Crippen LogP contribution in [-0.2, 0) is 11.2 Å². The monoisotopic (exact) mass is 419 g/mol. The van der Waals surface area contributed by atoms with E-state index in [9.17, 15) is 18.8 Å². The van der Waals surface area contributed by atoms with E-state index in [1.54, 1.807) is 42.7 Å². The highest BCUT2D eigenvalue weighted by molar-refractivity contribution is 6.09. The number of imide groups is 1. The van der Waals surface area contributed by atoms with Gasteiger partial charge in [0, 0.05) is 23.4 Å². The van der Waals surface area contributed by atoms with Gasteiger partial charge in [-0.05, 0) is 37.6 Å². The number of aromatic nitrogens is 1. The molecule has 1 aliphatic rings. The number of carbonyl (C=O) groups excluding carboxylic acids is 3. The molecule has 0 saturated carbocycles. The van der Waals surface area contributed by atoms with Gasteiger partial charge in [0.25, 0.3) is 5.91 Å². The van der Waals surface area contributed by atoms with E-state index in [2.05, 4.69) is 5.32 Å². The summed E-state index contributed by atoms with van der Waals surface area (Å²) in [6.45, 7) is 3.13. The van der Waals surface area contributed by atoms with E-state index in [1.165, 1.54) is 6.07 Å². The summed E-state index contributed by atoms with van der Waals surface area (Å²) >= 11 is 0. The van der Waals surface area contributed by atoms with Gasteiger partial charge >= 0.3 is 6.03 Å². The van der Waals surface area contributed by atoms with Crippen molar-refractivity contribution in [3.63, 3.8) is 0 Å². The summed E-state index contributed by atoms with van der Waals surface area (Å²) in [7, 11) is 0. The number of aryl methyl sites for hydroxylation is 1. The maximum Gasteiger partial charge on any atom is 0.325 e. The number of carbonyl (C=O) groups is 3. The number of halogens is 1. The first-order valence-electron chi connectivity index (χ1n) is 9.99. The Morgan fingerprint density at radius 3 is 2.42 bits per heavy atom. The smallest absolute Gasteiger partial charge is 0.325 e. The molecule has 1 atom stereocenters. The van der Waals surface area contributed by atoms with E-state index in [-0.39, 0.29) is 12.3 Å². The highest BCUT2D eigenvalue weighted by atomic mass is 19.1. The van der Waals surface area contributed by atoms with Crippen molar-refractivity contribution in [2.24, 2.45) is 0 Å². The van der Waals surface area contributed by atoms with Crippen molar-refractivity contribution in [1.29, 1.82) is 0 Å². The Balaban J connectivity index is 1.54. The summed E-state index contributed by atoms with van der Waals surface area (Å²) in [5.41, 5.74) is 2.86. The molecule has 6 nitrogen and oxygen atoms in total. The second-order valence-electron chi connectivity index (χ2n) is 7.61. The zero-order chi connectivity index (χ0) is 22.1. The lowest BCUT2D eigenvalue weighted by Gasteiger charge is -2.13. The number of Topliss-reactive ketones (excluding diaryl/α,β-unsaturated/α-hetero) is 1. The van der Waals surface area contributed by atoms with Gasteiger partial charge in [-0.15, -0.1) is 0 Å². The normalized spacial score (nSPS) is 16.0. The standard InChI is InChI=1S/C24H22FN3O3/c1-15-12-18(16(2)28(15)21-11-7-6-10-19(21)25)22(29)14-27-23(30)20(26-24(27)31)13-17-8-4-3-5-9-17/h3-12,20H,13-14H2,1-2H3,(H,26,31)/t20-/m0/s1. The molecule has 4 rings (SSSR count). The number of para-hydroxylation sites is 1. The van der Waals surface area contributed by atoms with Gasteiger partial charge in [-0.1, -0.05) is 42.5 Å². The second-order valence-corrected chi connectivity index (χ2v) is 7.61. The topological polar surface area (TPSA) is 71.4 Å². The van der Waals surface area contributed by atoms with Gasteiger partial charge < -0.3 is 9.88 Å². The molecule has 1 N–H and O–H groups in total. The minimum Gasteiger partial charge on any atom is -0.325 e. The van der Waals surface area contributed by atoms with Gasteiger partial charge in [-0.25, -0.2) is 9.18 Å². The average Bonchev–Trinajstić information content (AvgIpc) is 3.19. The Hall–Kier alpha value is -3.74. The molecule has 158 valence electrons. The van der Waals surface area contributed by atoms with Crippen LogP contribution in [-0.4, -0.2) is 39.8 Å². The van der Waals surface area contributed by atoms with Gasteiger partial charge in [0.2, 0.25) is 0 Å². The molecule has 0 aliphatic carbocycles. The molecule has 2 heterocycles. The lowest BCUT2D eigenvalue weighted by atomic mass is 10.1. The molecule has 0 radical (unpaired) electrons. The van der Waals surface area contributed by atoms with E-state index in [1.807, 2.05) is 30.3 Å². The van der Waals surface area contributed by atoms with Gasteiger partial charge in [0.15, 0.2) is 5.78 Å². The third-order valence-corrected chi connectivity index (χ3v) is 5.52. The Labute approximate surface area is 179 Å². The van der Waals surface area contributed by atoms with Crippen LogP contribution in [0.25, 0.3) is 5.69 Å². The number of hydrogen-bond donors (Lipinski definition) is 1. The molecule has 31 heavy (non-hydrogen) atoms. The van der Waals surface area contributed by atoms with Crippen LogP contribution in [0.4, 0.5) is 9.18 Å².